The predicted octanol–water partition coefficient (Wildman–Crippen LogP) is 4.86. The Bertz CT molecular complexity index is 1230. The molecule has 5 rings (SSSR count). The second-order valence-electron chi connectivity index (χ2n) is 6.88. The Balaban J connectivity index is 1.55. The van der Waals surface area contributed by atoms with Crippen LogP contribution >= 0.6 is 0 Å². The van der Waals surface area contributed by atoms with Crippen molar-refractivity contribution in [2.24, 2.45) is 10.7 Å². The second kappa shape index (κ2) is 6.02. The lowest BCUT2D eigenvalue weighted by Crippen LogP contribution is -2.22. The number of nitrogens with one attached hydrogen (secondary N) is 1. The van der Waals surface area contributed by atoms with E-state index >= 15 is 0 Å². The maximum atomic E-state index is 10.1. The molecule has 0 aliphatic heterocycles. The maximum Gasteiger partial charge on any atom is 0.198 e. The van der Waals surface area contributed by atoms with Gasteiger partial charge in [0.25, 0.3) is 0 Å². The summed E-state index contributed by atoms with van der Waals surface area (Å²) in [6.07, 6.45) is 2.04. The summed E-state index contributed by atoms with van der Waals surface area (Å²) < 4.78 is 0. The van der Waals surface area contributed by atoms with Gasteiger partial charge in [-0.25, -0.2) is 4.99 Å². The van der Waals surface area contributed by atoms with Gasteiger partial charge in [-0.1, -0.05) is 48.5 Å². The molecule has 0 radical (unpaired) electrons. The van der Waals surface area contributed by atoms with Gasteiger partial charge in [0.1, 0.15) is 5.75 Å². The van der Waals surface area contributed by atoms with Crippen molar-refractivity contribution in [3.63, 3.8) is 0 Å². The average Bonchev–Trinajstić information content (AvgIpc) is 3.13. The van der Waals surface area contributed by atoms with Gasteiger partial charge in [-0.3, -0.25) is 0 Å². The fourth-order valence-electron chi connectivity index (χ4n) is 4.04. The van der Waals surface area contributed by atoms with Crippen molar-refractivity contribution in [2.75, 3.05) is 5.32 Å². The minimum absolute atomic E-state index is 0.252. The molecule has 132 valence electrons. The van der Waals surface area contributed by atoms with Gasteiger partial charge in [0.15, 0.2) is 5.96 Å². The molecule has 0 bridgehead atoms. The molecule has 0 unspecified atom stereocenters. The largest absolute Gasteiger partial charge is 0.507 e. The minimum Gasteiger partial charge on any atom is -0.507 e. The number of aromatic hydroxyl groups is 1. The van der Waals surface area contributed by atoms with E-state index in [2.05, 4.69) is 34.6 Å². The van der Waals surface area contributed by atoms with Gasteiger partial charge in [-0.05, 0) is 52.9 Å². The predicted molar refractivity (Wildman–Crippen MR) is 112 cm³/mol. The Morgan fingerprint density at radius 1 is 0.889 bits per heavy atom. The van der Waals surface area contributed by atoms with Crippen LogP contribution < -0.4 is 11.1 Å². The van der Waals surface area contributed by atoms with Crippen LogP contribution in [0.25, 0.3) is 21.5 Å². The van der Waals surface area contributed by atoms with E-state index < -0.39 is 0 Å². The van der Waals surface area contributed by atoms with E-state index in [4.69, 9.17) is 5.73 Å². The zero-order chi connectivity index (χ0) is 18.4. The highest BCUT2D eigenvalue weighted by atomic mass is 16.3. The van der Waals surface area contributed by atoms with E-state index in [9.17, 15) is 5.11 Å². The third-order valence-corrected chi connectivity index (χ3v) is 5.26. The first kappa shape index (κ1) is 15.7. The van der Waals surface area contributed by atoms with Crippen LogP contribution in [0, 0.1) is 0 Å². The number of nitrogens with two attached hydrogens (primary N) is 1. The number of nitrogens with zero attached hydrogens (tertiary/aromatic N) is 1. The number of hydrogen-bond acceptors (Lipinski definition) is 2. The van der Waals surface area contributed by atoms with E-state index in [0.29, 0.717) is 5.96 Å². The Labute approximate surface area is 157 Å². The molecule has 0 fully saturated rings. The molecule has 0 amide bonds. The topological polar surface area (TPSA) is 70.6 Å². The highest BCUT2D eigenvalue weighted by Crippen LogP contribution is 2.37. The Kier molecular flexibility index (Phi) is 3.50. The van der Waals surface area contributed by atoms with E-state index in [-0.39, 0.29) is 5.75 Å². The maximum absolute atomic E-state index is 10.1. The summed E-state index contributed by atoms with van der Waals surface area (Å²) in [5.41, 5.74) is 10.6. The zero-order valence-electron chi connectivity index (χ0n) is 14.7. The number of hydrogen-bond donors (Lipinski definition) is 3. The molecule has 0 saturated carbocycles. The summed E-state index contributed by atoms with van der Waals surface area (Å²) in [6.45, 7) is 0. The van der Waals surface area contributed by atoms with Crippen molar-refractivity contribution in [3.8, 4) is 5.75 Å². The van der Waals surface area contributed by atoms with Crippen LogP contribution in [0.3, 0.4) is 0 Å². The highest BCUT2D eigenvalue weighted by molar-refractivity contribution is 6.05. The van der Waals surface area contributed by atoms with E-state index in [1.807, 2.05) is 36.4 Å². The lowest BCUT2D eigenvalue weighted by Gasteiger charge is -2.11. The monoisotopic (exact) mass is 353 g/mol. The molecule has 4 heteroatoms. The van der Waals surface area contributed by atoms with Crippen LogP contribution in [0.5, 0.6) is 5.75 Å². The molecule has 1 aliphatic carbocycles. The van der Waals surface area contributed by atoms with E-state index in [0.717, 1.165) is 35.0 Å². The van der Waals surface area contributed by atoms with Crippen LogP contribution in [0.4, 0.5) is 11.4 Å². The summed E-state index contributed by atoms with van der Waals surface area (Å²) in [4.78, 5) is 4.66. The Morgan fingerprint density at radius 3 is 2.63 bits per heavy atom. The zero-order valence-corrected chi connectivity index (χ0v) is 14.7. The van der Waals surface area contributed by atoms with Gasteiger partial charge >= 0.3 is 0 Å². The molecule has 1 aliphatic rings. The number of phenolic OH excluding ortho intramolecular Hbond substituents is 1. The SMILES string of the molecule is NC(=Nc1ccc2cccc3c2c1CC3)Nc1ccc(O)c2ccccc12. The number of aryl methyl sites for hydroxylation is 2. The van der Waals surface area contributed by atoms with Gasteiger partial charge in [-0.15, -0.1) is 0 Å². The smallest absolute Gasteiger partial charge is 0.198 e. The number of fused-ring (bicyclic) bond motifs is 1. The number of phenols is 1. The first-order valence-electron chi connectivity index (χ1n) is 9.06. The summed E-state index contributed by atoms with van der Waals surface area (Å²) in [5, 5.41) is 17.5. The van der Waals surface area contributed by atoms with Crippen molar-refractivity contribution in [3.05, 3.63) is 77.9 Å². The van der Waals surface area contributed by atoms with E-state index in [1.54, 1.807) is 6.07 Å². The van der Waals surface area contributed by atoms with Gasteiger partial charge in [0, 0.05) is 16.5 Å². The first-order valence-corrected chi connectivity index (χ1v) is 9.06. The molecule has 4 aromatic rings. The molecular weight excluding hydrogens is 334 g/mol. The van der Waals surface area contributed by atoms with Gasteiger partial charge in [-0.2, -0.15) is 0 Å². The highest BCUT2D eigenvalue weighted by Gasteiger charge is 2.17. The molecule has 4 nitrogen and oxygen atoms in total. The van der Waals surface area contributed by atoms with Crippen LogP contribution in [0.1, 0.15) is 11.1 Å². The lowest BCUT2D eigenvalue weighted by molar-refractivity contribution is 0.481. The summed E-state index contributed by atoms with van der Waals surface area (Å²) >= 11 is 0. The fourth-order valence-corrected chi connectivity index (χ4v) is 4.04. The number of benzene rings is 4. The van der Waals surface area contributed by atoms with Crippen LogP contribution in [0.2, 0.25) is 0 Å². The number of rotatable bonds is 2. The number of anilines is 1. The van der Waals surface area contributed by atoms with Crippen LogP contribution in [-0.4, -0.2) is 11.1 Å². The van der Waals surface area contributed by atoms with Crippen molar-refractivity contribution >= 4 is 38.9 Å². The summed E-state index contributed by atoms with van der Waals surface area (Å²) in [7, 11) is 0. The van der Waals surface area contributed by atoms with Gasteiger partial charge in [0.05, 0.1) is 5.69 Å². The average molecular weight is 353 g/mol. The molecule has 0 spiro atoms. The third kappa shape index (κ3) is 2.57. The van der Waals surface area contributed by atoms with Crippen molar-refractivity contribution < 1.29 is 5.11 Å². The van der Waals surface area contributed by atoms with Crippen molar-refractivity contribution in [1.29, 1.82) is 0 Å². The molecule has 0 heterocycles. The molecule has 0 atom stereocenters. The first-order chi connectivity index (χ1) is 13.2. The van der Waals surface area contributed by atoms with Crippen LogP contribution in [-0.2, 0) is 12.8 Å². The molecular formula is C23H19N3O. The summed E-state index contributed by atoms with van der Waals surface area (Å²) in [6, 6.07) is 21.7. The minimum atomic E-state index is 0.252. The van der Waals surface area contributed by atoms with Crippen molar-refractivity contribution in [2.45, 2.75) is 12.8 Å². The van der Waals surface area contributed by atoms with Crippen LogP contribution in [0.15, 0.2) is 71.7 Å². The fraction of sp³-hybridized carbons (Fsp3) is 0.0870. The second-order valence-corrected chi connectivity index (χ2v) is 6.88. The Hall–Kier alpha value is -3.53. The molecule has 0 saturated heterocycles. The van der Waals surface area contributed by atoms with Gasteiger partial charge < -0.3 is 16.2 Å². The molecule has 4 N–H and O–H groups in total. The molecule has 0 aromatic heterocycles. The quantitative estimate of drug-likeness (QED) is 0.274. The van der Waals surface area contributed by atoms with Gasteiger partial charge in [0.2, 0.25) is 0 Å². The van der Waals surface area contributed by atoms with Crippen molar-refractivity contribution in [1.82, 2.24) is 0 Å². The molecule has 27 heavy (non-hydrogen) atoms. The molecule has 4 aromatic carbocycles. The number of guanidine groups is 1. The number of aliphatic imine (C=N–C) groups is 1. The Morgan fingerprint density at radius 2 is 1.74 bits per heavy atom. The normalized spacial score (nSPS) is 13.4. The standard InChI is InChI=1S/C23H19N3O/c24-23(25-19-12-13-21(27)17-7-2-1-6-16(17)19)26-20-11-9-15-5-3-4-14-8-10-18(20)22(14)15/h1-7,9,11-13,27H,8,10H2,(H3,24,25,26). The lowest BCUT2D eigenvalue weighted by atomic mass is 10.0. The summed E-state index contributed by atoms with van der Waals surface area (Å²) in [5.74, 6) is 0.590. The third-order valence-electron chi connectivity index (χ3n) is 5.26. The van der Waals surface area contributed by atoms with E-state index in [1.165, 1.54) is 21.9 Å².